The van der Waals surface area contributed by atoms with E-state index < -0.39 is 6.10 Å². The smallest absolute Gasteiger partial charge is 0.232 e. The van der Waals surface area contributed by atoms with Gasteiger partial charge in [0.25, 0.3) is 0 Å². The van der Waals surface area contributed by atoms with E-state index in [-0.39, 0.29) is 11.8 Å². The fourth-order valence-electron chi connectivity index (χ4n) is 2.41. The van der Waals surface area contributed by atoms with Gasteiger partial charge < -0.3 is 10.0 Å². The highest BCUT2D eigenvalue weighted by atomic mass is 16.3. The molecule has 1 heterocycles. The molecule has 3 nitrogen and oxygen atoms in total. The molecule has 17 heavy (non-hydrogen) atoms. The van der Waals surface area contributed by atoms with Gasteiger partial charge in [0.05, 0.1) is 12.0 Å². The zero-order valence-electron chi connectivity index (χ0n) is 10.2. The number of hydrogen-bond donors (Lipinski definition) is 1. The largest absolute Gasteiger partial charge is 0.392 e. The van der Waals surface area contributed by atoms with Crippen molar-refractivity contribution in [3.63, 3.8) is 0 Å². The maximum atomic E-state index is 12.3. The number of carbonyl (C=O) groups excluding carboxylic acids is 1. The summed E-state index contributed by atoms with van der Waals surface area (Å²) in [4.78, 5) is 14.1. The van der Waals surface area contributed by atoms with Crippen molar-refractivity contribution in [2.75, 3.05) is 11.4 Å². The minimum absolute atomic E-state index is 0.0665. The number of carbonyl (C=O) groups is 1. The van der Waals surface area contributed by atoms with Crippen molar-refractivity contribution < 1.29 is 9.90 Å². The lowest BCUT2D eigenvalue weighted by molar-refractivity contribution is -0.127. The monoisotopic (exact) mass is 233 g/mol. The van der Waals surface area contributed by atoms with Crippen LogP contribution in [-0.4, -0.2) is 23.7 Å². The molecule has 1 fully saturated rings. The molecule has 1 aromatic rings. The Morgan fingerprint density at radius 3 is 2.76 bits per heavy atom. The minimum Gasteiger partial charge on any atom is -0.392 e. The van der Waals surface area contributed by atoms with Gasteiger partial charge in [-0.25, -0.2) is 0 Å². The predicted molar refractivity (Wildman–Crippen MR) is 67.8 cm³/mol. The third-order valence-corrected chi connectivity index (χ3v) is 3.43. The Bertz CT molecular complexity index is 377. The predicted octanol–water partition coefficient (Wildman–Crippen LogP) is 2.20. The average molecular weight is 233 g/mol. The summed E-state index contributed by atoms with van der Waals surface area (Å²) in [7, 11) is 0. The average Bonchev–Trinajstić information content (AvgIpc) is 2.39. The molecule has 1 aliphatic heterocycles. The standard InChI is InChI=1S/C14H19NO2/c1-2-13(16)12-9-6-10-15(14(12)17)11-7-4-3-5-8-11/h3-5,7-8,12-13,16H,2,6,9-10H2,1H3. The molecule has 0 radical (unpaired) electrons. The summed E-state index contributed by atoms with van der Waals surface area (Å²) in [6.45, 7) is 2.68. The molecule has 2 unspecified atom stereocenters. The number of para-hydroxylation sites is 1. The lowest BCUT2D eigenvalue weighted by atomic mass is 9.90. The van der Waals surface area contributed by atoms with Crippen LogP contribution in [0.4, 0.5) is 5.69 Å². The van der Waals surface area contributed by atoms with Crippen LogP contribution in [0.2, 0.25) is 0 Å². The molecule has 92 valence electrons. The van der Waals surface area contributed by atoms with Gasteiger partial charge in [0.2, 0.25) is 5.91 Å². The van der Waals surface area contributed by atoms with Crippen LogP contribution in [0, 0.1) is 5.92 Å². The fourth-order valence-corrected chi connectivity index (χ4v) is 2.41. The van der Waals surface area contributed by atoms with E-state index in [0.29, 0.717) is 6.42 Å². The van der Waals surface area contributed by atoms with E-state index in [2.05, 4.69) is 0 Å². The third-order valence-electron chi connectivity index (χ3n) is 3.43. The van der Waals surface area contributed by atoms with Crippen LogP contribution >= 0.6 is 0 Å². The van der Waals surface area contributed by atoms with Gasteiger partial charge in [0, 0.05) is 12.2 Å². The Morgan fingerprint density at radius 1 is 1.41 bits per heavy atom. The molecule has 0 bridgehead atoms. The highest BCUT2D eigenvalue weighted by molar-refractivity contribution is 5.96. The molecule has 0 aliphatic carbocycles. The SMILES string of the molecule is CCC(O)C1CCCN(c2ccccc2)C1=O. The first-order valence-corrected chi connectivity index (χ1v) is 6.28. The first kappa shape index (κ1) is 12.1. The zero-order chi connectivity index (χ0) is 12.3. The summed E-state index contributed by atoms with van der Waals surface area (Å²) in [5.74, 6) is -0.161. The van der Waals surface area contributed by atoms with Crippen LogP contribution in [0.15, 0.2) is 30.3 Å². The second kappa shape index (κ2) is 5.32. The van der Waals surface area contributed by atoms with Crippen molar-refractivity contribution in [2.45, 2.75) is 32.3 Å². The third kappa shape index (κ3) is 2.50. The van der Waals surface area contributed by atoms with Crippen LogP contribution in [0.3, 0.4) is 0 Å². The van der Waals surface area contributed by atoms with E-state index in [4.69, 9.17) is 0 Å². The first-order valence-electron chi connectivity index (χ1n) is 6.28. The molecule has 2 atom stereocenters. The fraction of sp³-hybridized carbons (Fsp3) is 0.500. The molecule has 2 rings (SSSR count). The minimum atomic E-state index is -0.506. The van der Waals surface area contributed by atoms with Gasteiger partial charge >= 0.3 is 0 Å². The van der Waals surface area contributed by atoms with Gasteiger partial charge in [0.15, 0.2) is 0 Å². The molecule has 1 aliphatic rings. The highest BCUT2D eigenvalue weighted by Gasteiger charge is 2.33. The lowest BCUT2D eigenvalue weighted by Gasteiger charge is -2.34. The maximum Gasteiger partial charge on any atom is 0.232 e. The van der Waals surface area contributed by atoms with Crippen LogP contribution < -0.4 is 4.90 Å². The second-order valence-corrected chi connectivity index (χ2v) is 4.55. The highest BCUT2D eigenvalue weighted by Crippen LogP contribution is 2.27. The molecular weight excluding hydrogens is 214 g/mol. The number of nitrogens with zero attached hydrogens (tertiary/aromatic N) is 1. The summed E-state index contributed by atoms with van der Waals surface area (Å²) in [6, 6.07) is 9.69. The van der Waals surface area contributed by atoms with Crippen molar-refractivity contribution in [1.82, 2.24) is 0 Å². The van der Waals surface area contributed by atoms with Crippen molar-refractivity contribution in [3.8, 4) is 0 Å². The lowest BCUT2D eigenvalue weighted by Crippen LogP contribution is -2.45. The van der Waals surface area contributed by atoms with Crippen molar-refractivity contribution in [2.24, 2.45) is 5.92 Å². The Morgan fingerprint density at radius 2 is 2.12 bits per heavy atom. The van der Waals surface area contributed by atoms with E-state index in [1.54, 1.807) is 4.90 Å². The van der Waals surface area contributed by atoms with E-state index >= 15 is 0 Å². The maximum absolute atomic E-state index is 12.3. The molecule has 1 amide bonds. The van der Waals surface area contributed by atoms with Crippen molar-refractivity contribution in [3.05, 3.63) is 30.3 Å². The van der Waals surface area contributed by atoms with E-state index in [1.807, 2.05) is 37.3 Å². The number of anilines is 1. The Labute approximate surface area is 102 Å². The molecular formula is C14H19NO2. The molecule has 0 saturated carbocycles. The van der Waals surface area contributed by atoms with Crippen LogP contribution in [-0.2, 0) is 4.79 Å². The molecule has 0 spiro atoms. The summed E-state index contributed by atoms with van der Waals surface area (Å²) in [5, 5.41) is 9.87. The summed E-state index contributed by atoms with van der Waals surface area (Å²) in [5.41, 5.74) is 0.936. The van der Waals surface area contributed by atoms with Gasteiger partial charge in [-0.1, -0.05) is 25.1 Å². The molecule has 3 heteroatoms. The van der Waals surface area contributed by atoms with Crippen LogP contribution in [0.1, 0.15) is 26.2 Å². The molecule has 0 aromatic heterocycles. The summed E-state index contributed by atoms with van der Waals surface area (Å²) >= 11 is 0. The number of amides is 1. The second-order valence-electron chi connectivity index (χ2n) is 4.55. The number of aliphatic hydroxyl groups is 1. The number of hydrogen-bond acceptors (Lipinski definition) is 2. The van der Waals surface area contributed by atoms with Crippen LogP contribution in [0.25, 0.3) is 0 Å². The Kier molecular flexibility index (Phi) is 3.79. The number of aliphatic hydroxyl groups excluding tert-OH is 1. The number of benzene rings is 1. The van der Waals surface area contributed by atoms with Gasteiger partial charge in [-0.15, -0.1) is 0 Å². The van der Waals surface area contributed by atoms with Gasteiger partial charge in [-0.2, -0.15) is 0 Å². The summed E-state index contributed by atoms with van der Waals surface area (Å²) in [6.07, 6.45) is 1.90. The van der Waals surface area contributed by atoms with Crippen molar-refractivity contribution >= 4 is 11.6 Å². The topological polar surface area (TPSA) is 40.5 Å². The van der Waals surface area contributed by atoms with E-state index in [1.165, 1.54) is 0 Å². The van der Waals surface area contributed by atoms with Crippen LogP contribution in [0.5, 0.6) is 0 Å². The number of rotatable bonds is 3. The summed E-state index contributed by atoms with van der Waals surface area (Å²) < 4.78 is 0. The molecule has 1 aromatic carbocycles. The number of piperidine rings is 1. The Balaban J connectivity index is 2.17. The normalized spacial score (nSPS) is 22.6. The van der Waals surface area contributed by atoms with E-state index in [0.717, 1.165) is 25.1 Å². The van der Waals surface area contributed by atoms with E-state index in [9.17, 15) is 9.90 Å². The van der Waals surface area contributed by atoms with Gasteiger partial charge in [-0.05, 0) is 31.4 Å². The quantitative estimate of drug-likeness (QED) is 0.869. The molecule has 1 N–H and O–H groups in total. The molecule has 1 saturated heterocycles. The Hall–Kier alpha value is -1.35. The van der Waals surface area contributed by atoms with Gasteiger partial charge in [-0.3, -0.25) is 4.79 Å². The zero-order valence-corrected chi connectivity index (χ0v) is 10.2. The van der Waals surface area contributed by atoms with Crippen molar-refractivity contribution in [1.29, 1.82) is 0 Å². The first-order chi connectivity index (χ1) is 8.24. The van der Waals surface area contributed by atoms with Gasteiger partial charge in [0.1, 0.15) is 0 Å².